The fourth-order valence-electron chi connectivity index (χ4n) is 2.55. The van der Waals surface area contributed by atoms with Crippen LogP contribution in [0.3, 0.4) is 0 Å². The monoisotopic (exact) mass is 359 g/mol. The molecule has 5 nitrogen and oxygen atoms in total. The number of aromatic nitrogens is 3. The maximum absolute atomic E-state index is 12.5. The van der Waals surface area contributed by atoms with Crippen LogP contribution in [0.25, 0.3) is 5.82 Å². The summed E-state index contributed by atoms with van der Waals surface area (Å²) in [4.78, 5) is 8.05. The summed E-state index contributed by atoms with van der Waals surface area (Å²) in [5.74, 6) is 1.03. The summed E-state index contributed by atoms with van der Waals surface area (Å²) >= 11 is 0. The number of alkyl halides is 3. The first-order valence-electron chi connectivity index (χ1n) is 7.79. The van der Waals surface area contributed by atoms with Crippen LogP contribution in [0.2, 0.25) is 0 Å². The Kier molecular flexibility index (Phi) is 4.75. The lowest BCUT2D eigenvalue weighted by Gasteiger charge is -2.07. The van der Waals surface area contributed by atoms with Crippen LogP contribution < -0.4 is 5.43 Å². The summed E-state index contributed by atoms with van der Waals surface area (Å²) in [6.45, 7) is 3.91. The zero-order chi connectivity index (χ0) is 18.7. The fourth-order valence-corrected chi connectivity index (χ4v) is 2.55. The van der Waals surface area contributed by atoms with Gasteiger partial charge in [-0.05, 0) is 44.2 Å². The molecule has 3 rings (SSSR count). The zero-order valence-corrected chi connectivity index (χ0v) is 14.1. The predicted octanol–water partition coefficient (Wildman–Crippen LogP) is 4.35. The third-order valence-electron chi connectivity index (χ3n) is 3.82. The SMILES string of the molecule is Cc1cc(/C=N\Nc2ccc(C(F)(F)F)cn2)c(C)n1-c1ccccn1. The summed E-state index contributed by atoms with van der Waals surface area (Å²) in [5.41, 5.74) is 4.65. The molecule has 1 N–H and O–H groups in total. The molecular formula is C18H16F3N5. The highest BCUT2D eigenvalue weighted by atomic mass is 19.4. The highest BCUT2D eigenvalue weighted by Crippen LogP contribution is 2.28. The molecule has 0 fully saturated rings. The molecule has 0 amide bonds. The van der Waals surface area contributed by atoms with E-state index in [4.69, 9.17) is 0 Å². The van der Waals surface area contributed by atoms with E-state index in [1.54, 1.807) is 12.4 Å². The van der Waals surface area contributed by atoms with Crippen LogP contribution in [0, 0.1) is 13.8 Å². The zero-order valence-electron chi connectivity index (χ0n) is 14.1. The molecule has 0 aliphatic rings. The van der Waals surface area contributed by atoms with Crippen LogP contribution in [-0.2, 0) is 6.18 Å². The van der Waals surface area contributed by atoms with E-state index in [0.717, 1.165) is 35.0 Å². The first kappa shape index (κ1) is 17.7. The second-order valence-electron chi connectivity index (χ2n) is 5.65. The van der Waals surface area contributed by atoms with Crippen molar-refractivity contribution in [2.24, 2.45) is 5.10 Å². The molecule has 0 aliphatic heterocycles. The Morgan fingerprint density at radius 1 is 1.12 bits per heavy atom. The Morgan fingerprint density at radius 2 is 1.92 bits per heavy atom. The predicted molar refractivity (Wildman–Crippen MR) is 93.5 cm³/mol. The minimum absolute atomic E-state index is 0.229. The Balaban J connectivity index is 1.75. The van der Waals surface area contributed by atoms with Gasteiger partial charge in [-0.2, -0.15) is 18.3 Å². The van der Waals surface area contributed by atoms with Gasteiger partial charge >= 0.3 is 6.18 Å². The normalized spacial score (nSPS) is 11.9. The van der Waals surface area contributed by atoms with Gasteiger partial charge in [0.25, 0.3) is 0 Å². The van der Waals surface area contributed by atoms with Crippen LogP contribution in [0.1, 0.15) is 22.5 Å². The van der Waals surface area contributed by atoms with Crippen LogP contribution in [0.15, 0.2) is 53.9 Å². The molecule has 0 aromatic carbocycles. The Morgan fingerprint density at radius 3 is 2.54 bits per heavy atom. The van der Waals surface area contributed by atoms with Crippen molar-refractivity contribution in [3.8, 4) is 5.82 Å². The molecule has 0 bridgehead atoms. The molecule has 0 saturated carbocycles. The molecule has 3 aromatic heterocycles. The highest BCUT2D eigenvalue weighted by Gasteiger charge is 2.30. The van der Waals surface area contributed by atoms with Crippen molar-refractivity contribution in [2.45, 2.75) is 20.0 Å². The van der Waals surface area contributed by atoms with Gasteiger partial charge in [0.2, 0.25) is 0 Å². The number of hydrogen-bond donors (Lipinski definition) is 1. The van der Waals surface area contributed by atoms with Crippen molar-refractivity contribution >= 4 is 12.0 Å². The van der Waals surface area contributed by atoms with E-state index in [-0.39, 0.29) is 5.82 Å². The first-order valence-corrected chi connectivity index (χ1v) is 7.79. The number of anilines is 1. The van der Waals surface area contributed by atoms with Crippen molar-refractivity contribution in [1.29, 1.82) is 0 Å². The lowest BCUT2D eigenvalue weighted by atomic mass is 10.3. The van der Waals surface area contributed by atoms with Crippen LogP contribution in [0.5, 0.6) is 0 Å². The summed E-state index contributed by atoms with van der Waals surface area (Å²) in [7, 11) is 0. The van der Waals surface area contributed by atoms with Crippen LogP contribution >= 0.6 is 0 Å². The Hall–Kier alpha value is -3.16. The third-order valence-corrected chi connectivity index (χ3v) is 3.82. The lowest BCUT2D eigenvalue weighted by molar-refractivity contribution is -0.137. The molecule has 8 heteroatoms. The Labute approximate surface area is 148 Å². The van der Waals surface area contributed by atoms with Gasteiger partial charge in [-0.15, -0.1) is 0 Å². The standard InChI is InChI=1S/C18H16F3N5/c1-12-9-14(13(2)26(12)17-5-3-4-8-22-17)10-24-25-16-7-6-15(11-23-16)18(19,20)21/h3-11H,1-2H3,(H,23,25)/b24-10-. The van der Waals surface area contributed by atoms with Crippen molar-refractivity contribution in [3.05, 3.63) is 71.3 Å². The van der Waals surface area contributed by atoms with Crippen molar-refractivity contribution in [1.82, 2.24) is 14.5 Å². The number of aryl methyl sites for hydroxylation is 1. The van der Waals surface area contributed by atoms with Gasteiger partial charge in [0.05, 0.1) is 11.8 Å². The van der Waals surface area contributed by atoms with Gasteiger partial charge in [0.1, 0.15) is 11.6 Å². The average molecular weight is 359 g/mol. The minimum atomic E-state index is -4.40. The number of pyridine rings is 2. The van der Waals surface area contributed by atoms with Gasteiger partial charge < -0.3 is 4.57 Å². The molecule has 26 heavy (non-hydrogen) atoms. The van der Waals surface area contributed by atoms with E-state index in [9.17, 15) is 13.2 Å². The smallest absolute Gasteiger partial charge is 0.303 e. The second kappa shape index (κ2) is 6.99. The summed E-state index contributed by atoms with van der Waals surface area (Å²) in [6, 6.07) is 9.81. The summed E-state index contributed by atoms with van der Waals surface area (Å²) in [6.07, 6.45) is -0.316. The van der Waals surface area contributed by atoms with Crippen molar-refractivity contribution in [2.75, 3.05) is 5.43 Å². The maximum Gasteiger partial charge on any atom is 0.417 e. The third kappa shape index (κ3) is 3.74. The van der Waals surface area contributed by atoms with Crippen LogP contribution in [-0.4, -0.2) is 20.7 Å². The van der Waals surface area contributed by atoms with E-state index in [1.807, 2.05) is 42.7 Å². The first-order chi connectivity index (χ1) is 12.4. The van der Waals surface area contributed by atoms with Gasteiger partial charge in [-0.1, -0.05) is 6.07 Å². The minimum Gasteiger partial charge on any atom is -0.303 e. The van der Waals surface area contributed by atoms with Crippen LogP contribution in [0.4, 0.5) is 19.0 Å². The number of halogens is 3. The van der Waals surface area contributed by atoms with Gasteiger partial charge in [0, 0.05) is 29.3 Å². The molecule has 0 spiro atoms. The molecule has 3 aromatic rings. The molecule has 3 heterocycles. The van der Waals surface area contributed by atoms with Crippen molar-refractivity contribution in [3.63, 3.8) is 0 Å². The molecule has 134 valence electrons. The molecule has 0 saturated heterocycles. The quantitative estimate of drug-likeness (QED) is 0.557. The maximum atomic E-state index is 12.5. The molecule has 0 unspecified atom stereocenters. The summed E-state index contributed by atoms with van der Waals surface area (Å²) in [5, 5.41) is 4.06. The van der Waals surface area contributed by atoms with E-state index in [1.165, 1.54) is 6.07 Å². The topological polar surface area (TPSA) is 55.1 Å². The van der Waals surface area contributed by atoms with E-state index < -0.39 is 11.7 Å². The number of hydrazone groups is 1. The summed E-state index contributed by atoms with van der Waals surface area (Å²) < 4.78 is 39.6. The largest absolute Gasteiger partial charge is 0.417 e. The van der Waals surface area contributed by atoms with E-state index in [2.05, 4.69) is 20.5 Å². The molecule has 0 aliphatic carbocycles. The molecule has 0 atom stereocenters. The van der Waals surface area contributed by atoms with Gasteiger partial charge in [-0.25, -0.2) is 9.97 Å². The lowest BCUT2D eigenvalue weighted by Crippen LogP contribution is -2.05. The van der Waals surface area contributed by atoms with E-state index >= 15 is 0 Å². The molecule has 0 radical (unpaired) electrons. The highest BCUT2D eigenvalue weighted by molar-refractivity contribution is 5.82. The van der Waals surface area contributed by atoms with Gasteiger partial charge in [0.15, 0.2) is 0 Å². The number of nitrogens with one attached hydrogen (secondary N) is 1. The average Bonchev–Trinajstić information content (AvgIpc) is 2.89. The molecular weight excluding hydrogens is 343 g/mol. The number of hydrogen-bond acceptors (Lipinski definition) is 4. The second-order valence-corrected chi connectivity index (χ2v) is 5.65. The Bertz CT molecular complexity index is 912. The van der Waals surface area contributed by atoms with Gasteiger partial charge in [-0.3, -0.25) is 5.43 Å². The van der Waals surface area contributed by atoms with E-state index in [0.29, 0.717) is 0 Å². The fraction of sp³-hybridized carbons (Fsp3) is 0.167. The number of nitrogens with zero attached hydrogens (tertiary/aromatic N) is 4. The number of rotatable bonds is 4. The van der Waals surface area contributed by atoms with Crippen molar-refractivity contribution < 1.29 is 13.2 Å².